The van der Waals surface area contributed by atoms with Gasteiger partial charge < -0.3 is 9.88 Å². The van der Waals surface area contributed by atoms with E-state index in [-0.39, 0.29) is 11.7 Å². The first-order valence-corrected chi connectivity index (χ1v) is 7.74. The van der Waals surface area contributed by atoms with Crippen LogP contribution in [-0.4, -0.2) is 28.4 Å². The smallest absolute Gasteiger partial charge is 0.227 e. The van der Waals surface area contributed by atoms with Crippen molar-refractivity contribution in [2.75, 3.05) is 6.54 Å². The molecule has 0 spiro atoms. The largest absolute Gasteiger partial charge is 0.361 e. The average Bonchev–Trinajstić information content (AvgIpc) is 2.89. The Balaban J connectivity index is 1.81. The Morgan fingerprint density at radius 3 is 3.10 bits per heavy atom. The van der Waals surface area contributed by atoms with E-state index in [0.29, 0.717) is 12.5 Å². The number of fused-ring (bicyclic) bond motifs is 1. The van der Waals surface area contributed by atoms with Crippen LogP contribution in [-0.2, 0) is 11.2 Å². The van der Waals surface area contributed by atoms with E-state index in [1.165, 1.54) is 18.6 Å². The summed E-state index contributed by atoms with van der Waals surface area (Å²) in [5.74, 6) is -0.105. The molecule has 1 amide bonds. The van der Waals surface area contributed by atoms with Gasteiger partial charge in [-0.1, -0.05) is 6.92 Å². The quantitative estimate of drug-likeness (QED) is 0.919. The number of carbonyl (C=O) groups excluding carboxylic acids is 1. The Labute approximate surface area is 124 Å². The minimum atomic E-state index is -0.264. The minimum absolute atomic E-state index is 0.159. The van der Waals surface area contributed by atoms with Crippen LogP contribution in [0.25, 0.3) is 10.9 Å². The molecule has 2 aromatic rings. The van der Waals surface area contributed by atoms with Crippen molar-refractivity contribution in [3.05, 3.63) is 35.8 Å². The third-order valence-electron chi connectivity index (χ3n) is 4.49. The number of aromatic amines is 1. The van der Waals surface area contributed by atoms with Crippen LogP contribution in [0.4, 0.5) is 4.39 Å². The molecule has 112 valence electrons. The van der Waals surface area contributed by atoms with Crippen LogP contribution >= 0.6 is 0 Å². The molecule has 1 aromatic heterocycles. The summed E-state index contributed by atoms with van der Waals surface area (Å²) in [5.41, 5.74) is 1.76. The van der Waals surface area contributed by atoms with E-state index >= 15 is 0 Å². The highest BCUT2D eigenvalue weighted by Gasteiger charge is 2.25. The summed E-state index contributed by atoms with van der Waals surface area (Å²) >= 11 is 0. The number of piperidine rings is 1. The molecule has 21 heavy (non-hydrogen) atoms. The van der Waals surface area contributed by atoms with Crippen molar-refractivity contribution in [3.63, 3.8) is 0 Å². The number of benzene rings is 1. The molecule has 0 radical (unpaired) electrons. The number of likely N-dealkylation sites (tertiary alicyclic amines) is 1. The maximum atomic E-state index is 13.4. The summed E-state index contributed by atoms with van der Waals surface area (Å²) in [6.07, 6.45) is 6.58. The molecule has 0 saturated carbocycles. The van der Waals surface area contributed by atoms with E-state index in [0.717, 1.165) is 42.3 Å². The number of hydrogen-bond donors (Lipinski definition) is 1. The normalized spacial score (nSPS) is 19.1. The van der Waals surface area contributed by atoms with Gasteiger partial charge in [0.2, 0.25) is 5.91 Å². The molecule has 1 fully saturated rings. The van der Waals surface area contributed by atoms with Crippen molar-refractivity contribution in [2.24, 2.45) is 0 Å². The zero-order valence-electron chi connectivity index (χ0n) is 12.4. The lowest BCUT2D eigenvalue weighted by Gasteiger charge is -2.35. The lowest BCUT2D eigenvalue weighted by molar-refractivity contribution is -0.134. The maximum absolute atomic E-state index is 13.4. The van der Waals surface area contributed by atoms with Crippen molar-refractivity contribution in [1.82, 2.24) is 9.88 Å². The van der Waals surface area contributed by atoms with Crippen LogP contribution in [0.1, 0.15) is 38.2 Å². The Morgan fingerprint density at radius 2 is 2.29 bits per heavy atom. The second-order valence-corrected chi connectivity index (χ2v) is 5.83. The summed E-state index contributed by atoms with van der Waals surface area (Å²) in [4.78, 5) is 17.7. The Bertz CT molecular complexity index is 649. The number of hydrogen-bond acceptors (Lipinski definition) is 1. The number of H-pyrrole nitrogens is 1. The third-order valence-corrected chi connectivity index (χ3v) is 4.49. The molecular weight excluding hydrogens is 267 g/mol. The zero-order valence-corrected chi connectivity index (χ0v) is 12.4. The van der Waals surface area contributed by atoms with Gasteiger partial charge in [-0.15, -0.1) is 0 Å². The number of halogens is 1. The second kappa shape index (κ2) is 5.88. The molecule has 0 aliphatic carbocycles. The molecule has 1 atom stereocenters. The lowest BCUT2D eigenvalue weighted by atomic mass is 9.99. The van der Waals surface area contributed by atoms with E-state index in [4.69, 9.17) is 0 Å². The SMILES string of the molecule is CCC1CCCCN1C(=O)Cc1c[nH]c2ccc(F)cc12. The standard InChI is InChI=1S/C17H21FN2O/c1-2-14-5-3-4-8-20(14)17(21)9-12-11-19-16-7-6-13(18)10-15(12)16/h6-7,10-11,14,19H,2-5,8-9H2,1H3. The number of rotatable bonds is 3. The van der Waals surface area contributed by atoms with E-state index in [9.17, 15) is 9.18 Å². The van der Waals surface area contributed by atoms with Gasteiger partial charge in [0.05, 0.1) is 6.42 Å². The van der Waals surface area contributed by atoms with Gasteiger partial charge in [-0.3, -0.25) is 4.79 Å². The molecule has 0 bridgehead atoms. The van der Waals surface area contributed by atoms with Crippen molar-refractivity contribution in [2.45, 2.75) is 45.1 Å². The van der Waals surface area contributed by atoms with Crippen molar-refractivity contribution in [3.8, 4) is 0 Å². The first-order valence-electron chi connectivity index (χ1n) is 7.74. The number of amides is 1. The molecule has 3 rings (SSSR count). The van der Waals surface area contributed by atoms with Gasteiger partial charge in [0.1, 0.15) is 5.82 Å². The number of nitrogens with zero attached hydrogens (tertiary/aromatic N) is 1. The highest BCUT2D eigenvalue weighted by molar-refractivity contribution is 5.89. The molecule has 2 heterocycles. The number of aromatic nitrogens is 1. The molecular formula is C17H21FN2O. The molecule has 3 nitrogen and oxygen atoms in total. The van der Waals surface area contributed by atoms with Crippen LogP contribution in [0.2, 0.25) is 0 Å². The highest BCUT2D eigenvalue weighted by Crippen LogP contribution is 2.23. The average molecular weight is 288 g/mol. The summed E-state index contributed by atoms with van der Waals surface area (Å²) in [7, 11) is 0. The highest BCUT2D eigenvalue weighted by atomic mass is 19.1. The number of carbonyl (C=O) groups is 1. The first-order chi connectivity index (χ1) is 10.2. The molecule has 1 N–H and O–H groups in total. The van der Waals surface area contributed by atoms with Gasteiger partial charge in [0.15, 0.2) is 0 Å². The monoisotopic (exact) mass is 288 g/mol. The fourth-order valence-electron chi connectivity index (χ4n) is 3.31. The second-order valence-electron chi connectivity index (χ2n) is 5.83. The Morgan fingerprint density at radius 1 is 1.43 bits per heavy atom. The van der Waals surface area contributed by atoms with E-state index < -0.39 is 0 Å². The summed E-state index contributed by atoms with van der Waals surface area (Å²) < 4.78 is 13.4. The lowest BCUT2D eigenvalue weighted by Crippen LogP contribution is -2.44. The molecule has 1 saturated heterocycles. The summed E-state index contributed by atoms with van der Waals surface area (Å²) in [6.45, 7) is 2.99. The van der Waals surface area contributed by atoms with Gasteiger partial charge in [-0.25, -0.2) is 4.39 Å². The van der Waals surface area contributed by atoms with Crippen LogP contribution in [0.5, 0.6) is 0 Å². The maximum Gasteiger partial charge on any atom is 0.227 e. The molecule has 1 unspecified atom stereocenters. The van der Waals surface area contributed by atoms with Crippen LogP contribution in [0, 0.1) is 5.82 Å². The minimum Gasteiger partial charge on any atom is -0.361 e. The fraction of sp³-hybridized carbons (Fsp3) is 0.471. The molecule has 4 heteroatoms. The van der Waals surface area contributed by atoms with Crippen LogP contribution in [0.3, 0.4) is 0 Å². The van der Waals surface area contributed by atoms with E-state index in [1.54, 1.807) is 6.07 Å². The van der Waals surface area contributed by atoms with Crippen LogP contribution in [0.15, 0.2) is 24.4 Å². The van der Waals surface area contributed by atoms with Crippen molar-refractivity contribution < 1.29 is 9.18 Å². The predicted molar refractivity (Wildman–Crippen MR) is 81.6 cm³/mol. The van der Waals surface area contributed by atoms with Gasteiger partial charge in [0, 0.05) is 29.7 Å². The molecule has 1 aliphatic heterocycles. The van der Waals surface area contributed by atoms with E-state index in [1.807, 2.05) is 11.1 Å². The van der Waals surface area contributed by atoms with E-state index in [2.05, 4.69) is 11.9 Å². The number of nitrogens with one attached hydrogen (secondary N) is 1. The summed E-state index contributed by atoms with van der Waals surface area (Å²) in [6, 6.07) is 5.02. The first kappa shape index (κ1) is 14.1. The van der Waals surface area contributed by atoms with Gasteiger partial charge in [-0.05, 0) is 49.4 Å². The molecule has 1 aliphatic rings. The van der Waals surface area contributed by atoms with Gasteiger partial charge in [-0.2, -0.15) is 0 Å². The topological polar surface area (TPSA) is 36.1 Å². The van der Waals surface area contributed by atoms with Gasteiger partial charge >= 0.3 is 0 Å². The summed E-state index contributed by atoms with van der Waals surface area (Å²) in [5, 5.41) is 0.813. The van der Waals surface area contributed by atoms with Crippen molar-refractivity contribution >= 4 is 16.8 Å². The Kier molecular flexibility index (Phi) is 3.95. The predicted octanol–water partition coefficient (Wildman–Crippen LogP) is 3.64. The van der Waals surface area contributed by atoms with Gasteiger partial charge in [0.25, 0.3) is 0 Å². The van der Waals surface area contributed by atoms with Crippen molar-refractivity contribution in [1.29, 1.82) is 0 Å². The Hall–Kier alpha value is -1.84. The van der Waals surface area contributed by atoms with Crippen LogP contribution < -0.4 is 0 Å². The zero-order chi connectivity index (χ0) is 14.8. The fourth-order valence-corrected chi connectivity index (χ4v) is 3.31. The molecule has 1 aromatic carbocycles. The third kappa shape index (κ3) is 2.80.